The summed E-state index contributed by atoms with van der Waals surface area (Å²) in [5.74, 6) is 0.846. The zero-order valence-electron chi connectivity index (χ0n) is 9.54. The third-order valence-corrected chi connectivity index (χ3v) is 3.08. The van der Waals surface area contributed by atoms with Crippen molar-refractivity contribution in [3.8, 4) is 0 Å². The molecule has 0 bridgehead atoms. The van der Waals surface area contributed by atoms with Gasteiger partial charge in [0.1, 0.15) is 11.9 Å². The molecule has 0 saturated carbocycles. The number of nitrogens with two attached hydrogens (primary N) is 1. The van der Waals surface area contributed by atoms with Crippen molar-refractivity contribution in [3.05, 3.63) is 23.9 Å². The highest BCUT2D eigenvalue weighted by atomic mass is 32.2. The third-order valence-electron chi connectivity index (χ3n) is 2.23. The second kappa shape index (κ2) is 6.58. The molecular weight excluding hydrogens is 240 g/mol. The number of aliphatic hydroxyl groups excluding tert-OH is 2. The van der Waals surface area contributed by atoms with Crippen LogP contribution in [-0.4, -0.2) is 32.2 Å². The lowest BCUT2D eigenvalue weighted by Gasteiger charge is -2.17. The van der Waals surface area contributed by atoms with E-state index in [0.29, 0.717) is 23.6 Å². The number of hydrogen-bond acceptors (Lipinski definition) is 6. The fourth-order valence-corrected chi connectivity index (χ4v) is 1.94. The topological polar surface area (TPSA) is 96.4 Å². The van der Waals surface area contributed by atoms with Gasteiger partial charge in [-0.05, 0) is 12.5 Å². The smallest absolute Gasteiger partial charge is 0.185 e. The zero-order valence-corrected chi connectivity index (χ0v) is 10.4. The van der Waals surface area contributed by atoms with E-state index in [1.807, 2.05) is 0 Å². The van der Waals surface area contributed by atoms with Gasteiger partial charge in [-0.3, -0.25) is 4.79 Å². The number of carbonyl (C=O) groups is 1. The SMILES string of the molecule is CC(=O)SCCC(O)C(O)c1ccc(N)nc1. The predicted octanol–water partition coefficient (Wildman–Crippen LogP) is 0.728. The monoisotopic (exact) mass is 256 g/mol. The van der Waals surface area contributed by atoms with Gasteiger partial charge < -0.3 is 15.9 Å². The first-order chi connectivity index (χ1) is 8.00. The average molecular weight is 256 g/mol. The molecule has 1 heterocycles. The molecule has 0 aliphatic rings. The minimum absolute atomic E-state index is 0.000779. The van der Waals surface area contributed by atoms with Crippen LogP contribution in [0.3, 0.4) is 0 Å². The summed E-state index contributed by atoms with van der Waals surface area (Å²) in [6.07, 6.45) is -0.139. The number of nitrogen functional groups attached to an aromatic ring is 1. The summed E-state index contributed by atoms with van der Waals surface area (Å²) >= 11 is 1.13. The second-order valence-electron chi connectivity index (χ2n) is 3.66. The first-order valence-corrected chi connectivity index (χ1v) is 6.20. The van der Waals surface area contributed by atoms with E-state index in [-0.39, 0.29) is 5.12 Å². The Labute approximate surface area is 104 Å². The van der Waals surface area contributed by atoms with Gasteiger partial charge in [0.05, 0.1) is 6.10 Å². The lowest BCUT2D eigenvalue weighted by Crippen LogP contribution is -2.19. The molecule has 0 aromatic carbocycles. The largest absolute Gasteiger partial charge is 0.390 e. The number of nitrogens with zero attached hydrogens (tertiary/aromatic N) is 1. The Morgan fingerprint density at radius 1 is 1.53 bits per heavy atom. The Kier molecular flexibility index (Phi) is 5.40. The molecule has 2 atom stereocenters. The number of anilines is 1. The maximum Gasteiger partial charge on any atom is 0.185 e. The molecule has 94 valence electrons. The molecule has 1 aromatic rings. The quantitative estimate of drug-likeness (QED) is 0.718. The van der Waals surface area contributed by atoms with E-state index in [1.54, 1.807) is 12.1 Å². The highest BCUT2D eigenvalue weighted by molar-refractivity contribution is 8.13. The second-order valence-corrected chi connectivity index (χ2v) is 4.93. The summed E-state index contributed by atoms with van der Waals surface area (Å²) in [5, 5.41) is 19.5. The van der Waals surface area contributed by atoms with E-state index in [4.69, 9.17) is 5.73 Å². The maximum absolute atomic E-state index is 10.7. The van der Waals surface area contributed by atoms with Gasteiger partial charge >= 0.3 is 0 Å². The van der Waals surface area contributed by atoms with Crippen LogP contribution in [0.4, 0.5) is 5.82 Å². The van der Waals surface area contributed by atoms with Crippen molar-refractivity contribution >= 4 is 22.7 Å². The van der Waals surface area contributed by atoms with Crippen LogP contribution < -0.4 is 5.73 Å². The van der Waals surface area contributed by atoms with Gasteiger partial charge in [0.25, 0.3) is 0 Å². The standard InChI is InChI=1S/C11H16N2O3S/c1-7(14)17-5-4-9(15)11(16)8-2-3-10(12)13-6-8/h2-3,6,9,11,15-16H,4-5H2,1H3,(H2,12,13). The fraction of sp³-hybridized carbons (Fsp3) is 0.455. The summed E-state index contributed by atoms with van der Waals surface area (Å²) in [4.78, 5) is 14.5. The fourth-order valence-electron chi connectivity index (χ4n) is 1.30. The summed E-state index contributed by atoms with van der Waals surface area (Å²) in [6.45, 7) is 1.47. The number of carbonyl (C=O) groups excluding carboxylic acids is 1. The van der Waals surface area contributed by atoms with E-state index in [9.17, 15) is 15.0 Å². The number of rotatable bonds is 5. The Balaban J connectivity index is 2.48. The van der Waals surface area contributed by atoms with Crippen LogP contribution >= 0.6 is 11.8 Å². The highest BCUT2D eigenvalue weighted by Crippen LogP contribution is 2.20. The van der Waals surface area contributed by atoms with Crippen molar-refractivity contribution in [2.75, 3.05) is 11.5 Å². The molecule has 0 radical (unpaired) electrons. The highest BCUT2D eigenvalue weighted by Gasteiger charge is 2.18. The van der Waals surface area contributed by atoms with Crippen LogP contribution in [0.15, 0.2) is 18.3 Å². The molecule has 2 unspecified atom stereocenters. The molecular formula is C11H16N2O3S. The number of thioether (sulfide) groups is 1. The molecule has 5 nitrogen and oxygen atoms in total. The zero-order chi connectivity index (χ0) is 12.8. The number of aromatic nitrogens is 1. The van der Waals surface area contributed by atoms with Gasteiger partial charge in [-0.2, -0.15) is 0 Å². The van der Waals surface area contributed by atoms with Crippen LogP contribution in [0.2, 0.25) is 0 Å². The molecule has 4 N–H and O–H groups in total. The molecule has 6 heteroatoms. The summed E-state index contributed by atoms with van der Waals surface area (Å²) in [7, 11) is 0. The minimum Gasteiger partial charge on any atom is -0.390 e. The van der Waals surface area contributed by atoms with E-state index >= 15 is 0 Å². The van der Waals surface area contributed by atoms with Gasteiger partial charge in [0.15, 0.2) is 5.12 Å². The molecule has 0 spiro atoms. The Morgan fingerprint density at radius 3 is 2.76 bits per heavy atom. The maximum atomic E-state index is 10.7. The first-order valence-electron chi connectivity index (χ1n) is 5.21. The van der Waals surface area contributed by atoms with Crippen molar-refractivity contribution in [2.24, 2.45) is 0 Å². The van der Waals surface area contributed by atoms with Crippen LogP contribution in [0.5, 0.6) is 0 Å². The van der Waals surface area contributed by atoms with Gasteiger partial charge in [0.2, 0.25) is 0 Å². The summed E-state index contributed by atoms with van der Waals surface area (Å²) in [5.41, 5.74) is 5.93. The van der Waals surface area contributed by atoms with Crippen molar-refractivity contribution < 1.29 is 15.0 Å². The lowest BCUT2D eigenvalue weighted by atomic mass is 10.0. The lowest BCUT2D eigenvalue weighted by molar-refractivity contribution is -0.109. The van der Waals surface area contributed by atoms with Gasteiger partial charge in [-0.1, -0.05) is 17.8 Å². The Morgan fingerprint density at radius 2 is 2.24 bits per heavy atom. The van der Waals surface area contributed by atoms with Crippen LogP contribution in [0.1, 0.15) is 25.0 Å². The summed E-state index contributed by atoms with van der Waals surface area (Å²) < 4.78 is 0. The van der Waals surface area contributed by atoms with Crippen molar-refractivity contribution in [2.45, 2.75) is 25.6 Å². The van der Waals surface area contributed by atoms with Gasteiger partial charge in [0, 0.05) is 24.4 Å². The predicted molar refractivity (Wildman–Crippen MR) is 67.4 cm³/mol. The van der Waals surface area contributed by atoms with Crippen LogP contribution in [0.25, 0.3) is 0 Å². The van der Waals surface area contributed by atoms with E-state index < -0.39 is 12.2 Å². The van der Waals surface area contributed by atoms with Crippen molar-refractivity contribution in [1.82, 2.24) is 4.98 Å². The normalized spacial score (nSPS) is 14.3. The molecule has 1 aromatic heterocycles. The van der Waals surface area contributed by atoms with E-state index in [2.05, 4.69) is 4.98 Å². The number of hydrogen-bond donors (Lipinski definition) is 3. The van der Waals surface area contributed by atoms with Crippen molar-refractivity contribution in [3.63, 3.8) is 0 Å². The third kappa shape index (κ3) is 4.72. The van der Waals surface area contributed by atoms with E-state index in [1.165, 1.54) is 13.1 Å². The molecule has 0 aliphatic heterocycles. The molecule has 0 amide bonds. The van der Waals surface area contributed by atoms with Crippen LogP contribution in [0, 0.1) is 0 Å². The number of pyridine rings is 1. The Hall–Kier alpha value is -1.11. The number of aliphatic hydroxyl groups is 2. The minimum atomic E-state index is -1.00. The molecule has 17 heavy (non-hydrogen) atoms. The van der Waals surface area contributed by atoms with Gasteiger partial charge in [-0.25, -0.2) is 4.98 Å². The van der Waals surface area contributed by atoms with Crippen molar-refractivity contribution in [1.29, 1.82) is 0 Å². The molecule has 0 fully saturated rings. The molecule has 0 aliphatic carbocycles. The molecule has 1 rings (SSSR count). The Bertz CT molecular complexity index is 369. The average Bonchev–Trinajstić information content (AvgIpc) is 2.28. The van der Waals surface area contributed by atoms with E-state index in [0.717, 1.165) is 11.8 Å². The van der Waals surface area contributed by atoms with Crippen LogP contribution in [-0.2, 0) is 4.79 Å². The van der Waals surface area contributed by atoms with Gasteiger partial charge in [-0.15, -0.1) is 0 Å². The first kappa shape index (κ1) is 14.0. The summed E-state index contributed by atoms with van der Waals surface area (Å²) in [6, 6.07) is 3.18. The molecule has 0 saturated heterocycles.